The summed E-state index contributed by atoms with van der Waals surface area (Å²) in [5.41, 5.74) is -0.541. The summed E-state index contributed by atoms with van der Waals surface area (Å²) in [5.74, 6) is 0. The number of halogens is 4. The highest BCUT2D eigenvalue weighted by Gasteiger charge is 2.31. The molecule has 1 atom stereocenters. The maximum Gasteiger partial charge on any atom is 0.416 e. The van der Waals surface area contributed by atoms with Gasteiger partial charge in [0.15, 0.2) is 6.10 Å². The third kappa shape index (κ3) is 5.45. The molecule has 0 fully saturated rings. The van der Waals surface area contributed by atoms with Crippen LogP contribution in [0.5, 0.6) is 0 Å². The summed E-state index contributed by atoms with van der Waals surface area (Å²) in [6.07, 6.45) is -4.58. The molecule has 0 spiro atoms. The van der Waals surface area contributed by atoms with E-state index in [1.54, 1.807) is 32.9 Å². The lowest BCUT2D eigenvalue weighted by atomic mass is 10.0. The van der Waals surface area contributed by atoms with Crippen molar-refractivity contribution in [1.29, 1.82) is 0 Å². The zero-order valence-electron chi connectivity index (χ0n) is 14.4. The molecule has 0 bridgehead atoms. The van der Waals surface area contributed by atoms with Gasteiger partial charge in [0.05, 0.1) is 11.3 Å². The molecule has 0 aliphatic carbocycles. The largest absolute Gasteiger partial charge is 0.435 e. The first kappa shape index (κ1) is 20.2. The number of benzene rings is 1. The zero-order valence-corrected chi connectivity index (χ0v) is 16.0. The van der Waals surface area contributed by atoms with Crippen molar-refractivity contribution in [2.75, 3.05) is 0 Å². The number of pyridine rings is 1. The van der Waals surface area contributed by atoms with E-state index in [1.807, 2.05) is 0 Å². The fraction of sp³-hybridized carbons (Fsp3) is 0.333. The minimum absolute atomic E-state index is 0.376. The zero-order chi connectivity index (χ0) is 19.5. The fourth-order valence-electron chi connectivity index (χ4n) is 2.16. The van der Waals surface area contributed by atoms with Gasteiger partial charge in [-0.3, -0.25) is 4.98 Å². The van der Waals surface area contributed by atoms with E-state index in [2.05, 4.69) is 26.2 Å². The summed E-state index contributed by atoms with van der Waals surface area (Å²) in [4.78, 5) is 16.4. The van der Waals surface area contributed by atoms with Gasteiger partial charge in [-0.05, 0) is 66.5 Å². The van der Waals surface area contributed by atoms with Crippen molar-refractivity contribution in [3.63, 3.8) is 0 Å². The first-order chi connectivity index (χ1) is 12.0. The summed E-state index contributed by atoms with van der Waals surface area (Å²) in [5, 5.41) is 2.66. The summed E-state index contributed by atoms with van der Waals surface area (Å²) >= 11 is 3.34. The highest BCUT2D eigenvalue weighted by atomic mass is 79.9. The Morgan fingerprint density at radius 3 is 2.27 bits per heavy atom. The molecule has 0 saturated carbocycles. The van der Waals surface area contributed by atoms with Gasteiger partial charge < -0.3 is 10.1 Å². The lowest BCUT2D eigenvalue weighted by Crippen LogP contribution is -2.41. The number of ether oxygens (including phenoxy) is 1. The van der Waals surface area contributed by atoms with Gasteiger partial charge >= 0.3 is 12.3 Å². The van der Waals surface area contributed by atoms with Crippen LogP contribution in [-0.4, -0.2) is 16.6 Å². The molecule has 140 valence electrons. The standard InChI is InChI=1S/C18H18BrF3N2O2/c1-17(2,3)24-16(25)26-15(14-13(19)5-4-10-23-14)11-6-8-12(9-7-11)18(20,21)22/h4-10,15H,1-3H3,(H,24,25). The lowest BCUT2D eigenvalue weighted by molar-refractivity contribution is -0.137. The molecule has 2 rings (SSSR count). The average molecular weight is 431 g/mol. The third-order valence-electron chi connectivity index (χ3n) is 3.28. The predicted molar refractivity (Wildman–Crippen MR) is 94.6 cm³/mol. The predicted octanol–water partition coefficient (Wildman–Crippen LogP) is 5.48. The average Bonchev–Trinajstić information content (AvgIpc) is 2.51. The third-order valence-corrected chi connectivity index (χ3v) is 3.95. The lowest BCUT2D eigenvalue weighted by Gasteiger charge is -2.24. The van der Waals surface area contributed by atoms with E-state index < -0.39 is 29.5 Å². The number of carbonyl (C=O) groups excluding carboxylic acids is 1. The SMILES string of the molecule is CC(C)(C)NC(=O)OC(c1ccc(C(F)(F)F)cc1)c1ncccc1Br. The molecule has 0 radical (unpaired) electrons. The number of nitrogens with zero attached hydrogens (tertiary/aromatic N) is 1. The molecule has 26 heavy (non-hydrogen) atoms. The van der Waals surface area contributed by atoms with Gasteiger partial charge in [0.1, 0.15) is 0 Å². The van der Waals surface area contributed by atoms with Crippen molar-refractivity contribution < 1.29 is 22.7 Å². The number of hydrogen-bond acceptors (Lipinski definition) is 3. The van der Waals surface area contributed by atoms with E-state index in [9.17, 15) is 18.0 Å². The second-order valence-electron chi connectivity index (χ2n) is 6.65. The molecule has 2 aromatic rings. The molecule has 0 saturated heterocycles. The van der Waals surface area contributed by atoms with E-state index in [0.29, 0.717) is 15.7 Å². The van der Waals surface area contributed by atoms with E-state index >= 15 is 0 Å². The van der Waals surface area contributed by atoms with Crippen LogP contribution in [0.4, 0.5) is 18.0 Å². The summed E-state index contributed by atoms with van der Waals surface area (Å²) < 4.78 is 44.4. The molecule has 8 heteroatoms. The number of carbonyl (C=O) groups is 1. The molecule has 1 N–H and O–H groups in total. The first-order valence-electron chi connectivity index (χ1n) is 7.74. The maximum atomic E-state index is 12.8. The van der Waals surface area contributed by atoms with Gasteiger partial charge in [0, 0.05) is 16.2 Å². The molecular formula is C18H18BrF3N2O2. The number of hydrogen-bond donors (Lipinski definition) is 1. The minimum atomic E-state index is -4.44. The van der Waals surface area contributed by atoms with E-state index in [1.165, 1.54) is 18.3 Å². The normalized spacial score (nSPS) is 13.2. The first-order valence-corrected chi connectivity index (χ1v) is 8.53. The number of nitrogens with one attached hydrogen (secondary N) is 1. The molecule has 0 aliphatic rings. The van der Waals surface area contributed by atoms with E-state index in [4.69, 9.17) is 4.74 Å². The van der Waals surface area contributed by atoms with Crippen molar-refractivity contribution in [1.82, 2.24) is 10.3 Å². The Bertz CT molecular complexity index is 771. The van der Waals surface area contributed by atoms with Crippen molar-refractivity contribution >= 4 is 22.0 Å². The summed E-state index contributed by atoms with van der Waals surface area (Å²) in [7, 11) is 0. The summed E-state index contributed by atoms with van der Waals surface area (Å²) in [6, 6.07) is 7.85. The van der Waals surface area contributed by atoms with Crippen molar-refractivity contribution in [3.8, 4) is 0 Å². The van der Waals surface area contributed by atoms with Crippen LogP contribution < -0.4 is 5.32 Å². The Morgan fingerprint density at radius 1 is 1.15 bits per heavy atom. The summed E-state index contributed by atoms with van der Waals surface area (Å²) in [6.45, 7) is 5.37. The number of aromatic nitrogens is 1. The smallest absolute Gasteiger partial charge is 0.416 e. The van der Waals surface area contributed by atoms with Gasteiger partial charge in [-0.1, -0.05) is 12.1 Å². The molecule has 1 aromatic heterocycles. The number of rotatable bonds is 3. The number of amides is 1. The quantitative estimate of drug-likeness (QED) is 0.701. The molecule has 1 aromatic carbocycles. The second-order valence-corrected chi connectivity index (χ2v) is 7.50. The fourth-order valence-corrected chi connectivity index (χ4v) is 2.63. The monoisotopic (exact) mass is 430 g/mol. The Balaban J connectivity index is 2.38. The van der Waals surface area contributed by atoms with Crippen LogP contribution in [0.2, 0.25) is 0 Å². The number of alkyl carbamates (subject to hydrolysis) is 1. The maximum absolute atomic E-state index is 12.8. The molecule has 0 aliphatic heterocycles. The van der Waals surface area contributed by atoms with Crippen LogP contribution in [0, 0.1) is 0 Å². The van der Waals surface area contributed by atoms with Gasteiger partial charge in [0.2, 0.25) is 0 Å². The van der Waals surface area contributed by atoms with Crippen molar-refractivity contribution in [3.05, 3.63) is 63.9 Å². The van der Waals surface area contributed by atoms with E-state index in [-0.39, 0.29) is 0 Å². The van der Waals surface area contributed by atoms with Crippen molar-refractivity contribution in [2.24, 2.45) is 0 Å². The van der Waals surface area contributed by atoms with Crippen molar-refractivity contribution in [2.45, 2.75) is 38.6 Å². The Labute approximate surface area is 157 Å². The molecule has 1 unspecified atom stereocenters. The minimum Gasteiger partial charge on any atom is -0.435 e. The van der Waals surface area contributed by atoms with Crippen LogP contribution in [0.1, 0.15) is 43.7 Å². The van der Waals surface area contributed by atoms with Gasteiger partial charge in [-0.2, -0.15) is 13.2 Å². The van der Waals surface area contributed by atoms with Crippen LogP contribution in [0.3, 0.4) is 0 Å². The van der Waals surface area contributed by atoms with Crippen LogP contribution >= 0.6 is 15.9 Å². The Hall–Kier alpha value is -2.09. The Morgan fingerprint density at radius 2 is 1.77 bits per heavy atom. The Kier molecular flexibility index (Phi) is 5.95. The molecular weight excluding hydrogens is 413 g/mol. The van der Waals surface area contributed by atoms with E-state index in [0.717, 1.165) is 12.1 Å². The molecule has 1 heterocycles. The topological polar surface area (TPSA) is 51.2 Å². The van der Waals surface area contributed by atoms with Gasteiger partial charge in [-0.25, -0.2) is 4.79 Å². The highest BCUT2D eigenvalue weighted by Crippen LogP contribution is 2.33. The second kappa shape index (κ2) is 7.65. The van der Waals surface area contributed by atoms with Crippen LogP contribution in [0.25, 0.3) is 0 Å². The highest BCUT2D eigenvalue weighted by molar-refractivity contribution is 9.10. The number of alkyl halides is 3. The van der Waals surface area contributed by atoms with Gasteiger partial charge in [0.25, 0.3) is 0 Å². The van der Waals surface area contributed by atoms with Crippen LogP contribution in [0.15, 0.2) is 47.1 Å². The molecule has 1 amide bonds. The molecule has 4 nitrogen and oxygen atoms in total. The van der Waals surface area contributed by atoms with Crippen LogP contribution in [-0.2, 0) is 10.9 Å². The van der Waals surface area contributed by atoms with Gasteiger partial charge in [-0.15, -0.1) is 0 Å².